The van der Waals surface area contributed by atoms with E-state index in [9.17, 15) is 14.9 Å². The third kappa shape index (κ3) is 3.16. The Bertz CT molecular complexity index is 880. The van der Waals surface area contributed by atoms with Crippen LogP contribution in [0.5, 0.6) is 11.5 Å². The van der Waals surface area contributed by atoms with E-state index in [-0.39, 0.29) is 11.4 Å². The average molecular weight is 355 g/mol. The summed E-state index contributed by atoms with van der Waals surface area (Å²) in [6.07, 6.45) is 0. The maximum absolute atomic E-state index is 12.2. The summed E-state index contributed by atoms with van der Waals surface area (Å²) in [6.45, 7) is 0. The van der Waals surface area contributed by atoms with Gasteiger partial charge in [-0.2, -0.15) is 0 Å². The van der Waals surface area contributed by atoms with Crippen LogP contribution < -0.4 is 20.1 Å². The van der Waals surface area contributed by atoms with Gasteiger partial charge in [-0.3, -0.25) is 10.1 Å². The van der Waals surface area contributed by atoms with E-state index in [0.717, 1.165) is 0 Å². The van der Waals surface area contributed by atoms with Crippen LogP contribution >= 0.6 is 0 Å². The standard InChI is InChI=1S/C18H17N3O5/c1-25-12-8-9-14(26-2)13(10-12)16-17(21(23)24)15(19-18(22)20-16)11-6-4-3-5-7-11/h3-10,16H,1-2H3,(H2,19,20,22). The highest BCUT2D eigenvalue weighted by Crippen LogP contribution is 2.37. The van der Waals surface area contributed by atoms with Gasteiger partial charge in [0, 0.05) is 11.1 Å². The Kier molecular flexibility index (Phi) is 4.74. The van der Waals surface area contributed by atoms with E-state index < -0.39 is 17.0 Å². The molecule has 1 aliphatic rings. The lowest BCUT2D eigenvalue weighted by molar-refractivity contribution is -0.430. The molecule has 2 aromatic carbocycles. The highest BCUT2D eigenvalue weighted by atomic mass is 16.6. The molecule has 0 spiro atoms. The Morgan fingerprint density at radius 1 is 1.08 bits per heavy atom. The molecule has 1 aliphatic heterocycles. The number of benzene rings is 2. The van der Waals surface area contributed by atoms with Gasteiger partial charge in [0.15, 0.2) is 6.04 Å². The van der Waals surface area contributed by atoms with Gasteiger partial charge in [-0.15, -0.1) is 0 Å². The van der Waals surface area contributed by atoms with Crippen LogP contribution in [-0.4, -0.2) is 25.2 Å². The van der Waals surface area contributed by atoms with Gasteiger partial charge in [-0.05, 0) is 18.2 Å². The maximum Gasteiger partial charge on any atom is 0.320 e. The predicted octanol–water partition coefficient (Wildman–Crippen LogP) is 2.70. The van der Waals surface area contributed by atoms with Gasteiger partial charge < -0.3 is 20.1 Å². The molecule has 26 heavy (non-hydrogen) atoms. The normalized spacial score (nSPS) is 16.5. The smallest absolute Gasteiger partial charge is 0.320 e. The molecule has 0 bridgehead atoms. The lowest BCUT2D eigenvalue weighted by atomic mass is 9.97. The van der Waals surface area contributed by atoms with Crippen molar-refractivity contribution in [3.05, 3.63) is 75.5 Å². The highest BCUT2D eigenvalue weighted by molar-refractivity contribution is 5.89. The fourth-order valence-electron chi connectivity index (χ4n) is 2.87. The summed E-state index contributed by atoms with van der Waals surface area (Å²) in [5.74, 6) is 0.905. The molecular formula is C18H17N3O5. The Balaban J connectivity index is 2.23. The lowest BCUT2D eigenvalue weighted by Crippen LogP contribution is -2.45. The van der Waals surface area contributed by atoms with E-state index in [4.69, 9.17) is 9.47 Å². The summed E-state index contributed by atoms with van der Waals surface area (Å²) in [5.41, 5.74) is 0.944. The molecule has 0 aliphatic carbocycles. The molecule has 2 aromatic rings. The van der Waals surface area contributed by atoms with Crippen molar-refractivity contribution in [1.82, 2.24) is 10.6 Å². The molecule has 2 N–H and O–H groups in total. The quantitative estimate of drug-likeness (QED) is 0.634. The third-order valence-corrected chi connectivity index (χ3v) is 4.05. The number of carbonyl (C=O) groups excluding carboxylic acids is 1. The molecule has 0 saturated heterocycles. The van der Waals surface area contributed by atoms with Crippen molar-refractivity contribution in [2.45, 2.75) is 6.04 Å². The number of ether oxygens (including phenoxy) is 2. The number of hydrogen-bond donors (Lipinski definition) is 2. The van der Waals surface area contributed by atoms with Crippen molar-refractivity contribution in [3.63, 3.8) is 0 Å². The van der Waals surface area contributed by atoms with Gasteiger partial charge in [-0.1, -0.05) is 30.3 Å². The molecular weight excluding hydrogens is 338 g/mol. The molecule has 0 aromatic heterocycles. The second-order valence-corrected chi connectivity index (χ2v) is 5.52. The number of hydrogen-bond acceptors (Lipinski definition) is 5. The van der Waals surface area contributed by atoms with Crippen LogP contribution in [0, 0.1) is 10.1 Å². The highest BCUT2D eigenvalue weighted by Gasteiger charge is 2.39. The van der Waals surface area contributed by atoms with Crippen molar-refractivity contribution in [2.24, 2.45) is 0 Å². The van der Waals surface area contributed by atoms with Crippen molar-refractivity contribution in [1.29, 1.82) is 0 Å². The van der Waals surface area contributed by atoms with Gasteiger partial charge in [0.1, 0.15) is 17.2 Å². The monoisotopic (exact) mass is 355 g/mol. The van der Waals surface area contributed by atoms with Crippen LogP contribution in [0.3, 0.4) is 0 Å². The third-order valence-electron chi connectivity index (χ3n) is 4.05. The Labute approximate surface area is 149 Å². The fourth-order valence-corrected chi connectivity index (χ4v) is 2.87. The SMILES string of the molecule is COc1ccc(OC)c(C2NC(=O)NC(c3ccccc3)=C2[N+](=O)[O-])c1. The maximum atomic E-state index is 12.2. The summed E-state index contributed by atoms with van der Waals surface area (Å²) in [5, 5.41) is 17.0. The van der Waals surface area contributed by atoms with E-state index in [2.05, 4.69) is 10.6 Å². The number of methoxy groups -OCH3 is 2. The van der Waals surface area contributed by atoms with Crippen LogP contribution in [0.15, 0.2) is 54.2 Å². The average Bonchev–Trinajstić information content (AvgIpc) is 2.67. The number of urea groups is 1. The zero-order chi connectivity index (χ0) is 18.7. The second-order valence-electron chi connectivity index (χ2n) is 5.52. The first kappa shape index (κ1) is 17.3. The van der Waals surface area contributed by atoms with Crippen molar-refractivity contribution in [3.8, 4) is 11.5 Å². The van der Waals surface area contributed by atoms with E-state index in [1.165, 1.54) is 14.2 Å². The van der Waals surface area contributed by atoms with Crippen molar-refractivity contribution in [2.75, 3.05) is 14.2 Å². The minimum absolute atomic E-state index is 0.147. The fraction of sp³-hybridized carbons (Fsp3) is 0.167. The number of rotatable bonds is 5. The molecule has 134 valence electrons. The lowest BCUT2D eigenvalue weighted by Gasteiger charge is -2.26. The van der Waals surface area contributed by atoms with Gasteiger partial charge in [0.05, 0.1) is 19.1 Å². The number of amides is 2. The molecule has 3 rings (SSSR count). The topological polar surface area (TPSA) is 103 Å². The zero-order valence-electron chi connectivity index (χ0n) is 14.2. The number of carbonyl (C=O) groups is 1. The molecule has 2 amide bonds. The van der Waals surface area contributed by atoms with E-state index >= 15 is 0 Å². The molecule has 0 radical (unpaired) electrons. The first-order valence-electron chi connectivity index (χ1n) is 7.78. The summed E-state index contributed by atoms with van der Waals surface area (Å²) >= 11 is 0. The van der Waals surface area contributed by atoms with Crippen LogP contribution in [0.1, 0.15) is 17.2 Å². The minimum Gasteiger partial charge on any atom is -0.497 e. The molecule has 8 nitrogen and oxygen atoms in total. The second kappa shape index (κ2) is 7.14. The Morgan fingerprint density at radius 3 is 2.42 bits per heavy atom. The van der Waals surface area contributed by atoms with Gasteiger partial charge in [-0.25, -0.2) is 4.79 Å². The summed E-state index contributed by atoms with van der Waals surface area (Å²) in [4.78, 5) is 23.6. The van der Waals surface area contributed by atoms with Gasteiger partial charge >= 0.3 is 6.03 Å². The van der Waals surface area contributed by atoms with Gasteiger partial charge in [0.25, 0.3) is 5.70 Å². The van der Waals surface area contributed by atoms with Crippen LogP contribution in [0.25, 0.3) is 5.70 Å². The molecule has 0 fully saturated rings. The first-order chi connectivity index (χ1) is 12.5. The van der Waals surface area contributed by atoms with E-state index in [1.807, 2.05) is 0 Å². The Morgan fingerprint density at radius 2 is 1.81 bits per heavy atom. The van der Waals surface area contributed by atoms with Crippen molar-refractivity contribution >= 4 is 11.7 Å². The molecule has 1 unspecified atom stereocenters. The summed E-state index contributed by atoms with van der Waals surface area (Å²) in [7, 11) is 2.95. The van der Waals surface area contributed by atoms with Gasteiger partial charge in [0.2, 0.25) is 0 Å². The molecule has 1 atom stereocenters. The van der Waals surface area contributed by atoms with Crippen LogP contribution in [0.4, 0.5) is 4.79 Å². The van der Waals surface area contributed by atoms with Crippen LogP contribution in [-0.2, 0) is 0 Å². The largest absolute Gasteiger partial charge is 0.497 e. The zero-order valence-corrected chi connectivity index (χ0v) is 14.2. The van der Waals surface area contributed by atoms with E-state index in [0.29, 0.717) is 22.6 Å². The summed E-state index contributed by atoms with van der Waals surface area (Å²) < 4.78 is 10.5. The van der Waals surface area contributed by atoms with Crippen LogP contribution in [0.2, 0.25) is 0 Å². The van der Waals surface area contributed by atoms with E-state index in [1.54, 1.807) is 48.5 Å². The number of nitro groups is 1. The molecule has 8 heteroatoms. The number of nitrogens with zero attached hydrogens (tertiary/aromatic N) is 1. The van der Waals surface area contributed by atoms with Crippen molar-refractivity contribution < 1.29 is 19.2 Å². The minimum atomic E-state index is -1.00. The molecule has 0 saturated carbocycles. The Hall–Kier alpha value is -3.55. The first-order valence-corrected chi connectivity index (χ1v) is 7.78. The summed E-state index contributed by atoms with van der Waals surface area (Å²) in [6, 6.07) is 12.1. The predicted molar refractivity (Wildman–Crippen MR) is 94.3 cm³/mol. The number of nitrogens with one attached hydrogen (secondary N) is 2. The molecule has 1 heterocycles.